The van der Waals surface area contributed by atoms with E-state index in [4.69, 9.17) is 20.3 Å². The number of amides is 1. The van der Waals surface area contributed by atoms with Crippen LogP contribution < -0.4 is 15.8 Å². The highest BCUT2D eigenvalue weighted by Crippen LogP contribution is 2.34. The average molecular weight is 489 g/mol. The fourth-order valence-corrected chi connectivity index (χ4v) is 4.47. The topological polar surface area (TPSA) is 137 Å². The van der Waals surface area contributed by atoms with E-state index in [0.29, 0.717) is 47.0 Å². The number of hydrogen-bond acceptors (Lipinski definition) is 8. The van der Waals surface area contributed by atoms with E-state index in [-0.39, 0.29) is 24.7 Å². The third kappa shape index (κ3) is 4.60. The molecule has 5 rings (SSSR count). The highest BCUT2D eigenvalue weighted by Gasteiger charge is 2.27. The number of para-hydroxylation sites is 1. The molecule has 4 aromatic rings. The Balaban J connectivity index is 1.37. The van der Waals surface area contributed by atoms with Gasteiger partial charge in [0, 0.05) is 12.1 Å². The Morgan fingerprint density at radius 3 is 2.72 bits per heavy atom. The lowest BCUT2D eigenvalue weighted by molar-refractivity contribution is -0.0403. The molecule has 36 heavy (non-hydrogen) atoms. The van der Waals surface area contributed by atoms with Crippen LogP contribution in [0.25, 0.3) is 22.3 Å². The molecule has 2 aromatic heterocycles. The molecule has 0 radical (unpaired) electrons. The molecular formula is C26H28N6O4. The van der Waals surface area contributed by atoms with Crippen molar-refractivity contribution in [2.45, 2.75) is 31.5 Å². The van der Waals surface area contributed by atoms with Gasteiger partial charge in [0.05, 0.1) is 43.4 Å². The Kier molecular flexibility index (Phi) is 6.79. The van der Waals surface area contributed by atoms with Gasteiger partial charge in [0.1, 0.15) is 23.6 Å². The van der Waals surface area contributed by atoms with Crippen LogP contribution in [0.3, 0.4) is 0 Å². The van der Waals surface area contributed by atoms with Gasteiger partial charge in [0.15, 0.2) is 5.65 Å². The second kappa shape index (κ2) is 10.3. The van der Waals surface area contributed by atoms with E-state index in [2.05, 4.69) is 15.3 Å². The first-order chi connectivity index (χ1) is 17.6. The van der Waals surface area contributed by atoms with Gasteiger partial charge in [-0.2, -0.15) is 5.10 Å². The predicted molar refractivity (Wildman–Crippen MR) is 134 cm³/mol. The van der Waals surface area contributed by atoms with Gasteiger partial charge in [-0.25, -0.2) is 14.6 Å². The largest absolute Gasteiger partial charge is 0.496 e. The zero-order chi connectivity index (χ0) is 25.1. The molecule has 1 saturated heterocycles. The Hall–Kier alpha value is -4.02. The highest BCUT2D eigenvalue weighted by atomic mass is 16.5. The molecule has 1 aliphatic heterocycles. The van der Waals surface area contributed by atoms with Gasteiger partial charge < -0.3 is 25.6 Å². The fourth-order valence-electron chi connectivity index (χ4n) is 4.47. The molecule has 0 unspecified atom stereocenters. The van der Waals surface area contributed by atoms with Gasteiger partial charge in [-0.3, -0.25) is 4.79 Å². The van der Waals surface area contributed by atoms with Gasteiger partial charge in [0.2, 0.25) is 0 Å². The smallest absolute Gasteiger partial charge is 0.255 e. The summed E-state index contributed by atoms with van der Waals surface area (Å²) in [4.78, 5) is 21.2. The van der Waals surface area contributed by atoms with Crippen molar-refractivity contribution in [1.29, 1.82) is 0 Å². The minimum atomic E-state index is -0.204. The number of aliphatic hydroxyl groups is 1. The predicted octanol–water partition coefficient (Wildman–Crippen LogP) is 2.73. The van der Waals surface area contributed by atoms with Gasteiger partial charge in [0.25, 0.3) is 5.91 Å². The zero-order valence-electron chi connectivity index (χ0n) is 19.9. The van der Waals surface area contributed by atoms with E-state index in [1.807, 2.05) is 35.0 Å². The van der Waals surface area contributed by atoms with Crippen molar-refractivity contribution in [3.05, 3.63) is 66.0 Å². The van der Waals surface area contributed by atoms with Crippen molar-refractivity contribution < 1.29 is 19.4 Å². The summed E-state index contributed by atoms with van der Waals surface area (Å²) in [7, 11) is 1.54. The summed E-state index contributed by atoms with van der Waals surface area (Å²) < 4.78 is 12.9. The fraction of sp³-hybridized carbons (Fsp3) is 0.308. The molecule has 0 bridgehead atoms. The molecule has 1 amide bonds. The van der Waals surface area contributed by atoms with Crippen LogP contribution >= 0.6 is 0 Å². The van der Waals surface area contributed by atoms with Gasteiger partial charge >= 0.3 is 0 Å². The molecular weight excluding hydrogens is 460 g/mol. The number of rotatable bonds is 7. The number of aliphatic hydroxyl groups excluding tert-OH is 1. The number of anilines is 1. The van der Waals surface area contributed by atoms with Crippen LogP contribution in [0, 0.1) is 0 Å². The second-order valence-electron chi connectivity index (χ2n) is 8.70. The highest BCUT2D eigenvalue weighted by molar-refractivity contribution is 5.98. The van der Waals surface area contributed by atoms with Crippen molar-refractivity contribution in [2.75, 3.05) is 26.1 Å². The first-order valence-electron chi connectivity index (χ1n) is 11.8. The third-order valence-electron chi connectivity index (χ3n) is 6.45. The summed E-state index contributed by atoms with van der Waals surface area (Å²) in [6.45, 7) is 0.817. The summed E-state index contributed by atoms with van der Waals surface area (Å²) in [5, 5.41) is 17.9. The Labute approximate surface area is 208 Å². The maximum absolute atomic E-state index is 12.6. The molecule has 0 spiro atoms. The van der Waals surface area contributed by atoms with Crippen LogP contribution in [0.2, 0.25) is 0 Å². The summed E-state index contributed by atoms with van der Waals surface area (Å²) in [6.07, 6.45) is 2.86. The number of nitrogens with zero attached hydrogens (tertiary/aromatic N) is 4. The number of nitrogen functional groups attached to an aromatic ring is 1. The molecule has 1 aliphatic rings. The first-order valence-corrected chi connectivity index (χ1v) is 11.8. The van der Waals surface area contributed by atoms with E-state index in [9.17, 15) is 9.90 Å². The summed E-state index contributed by atoms with van der Waals surface area (Å²) >= 11 is 0. The molecule has 0 saturated carbocycles. The molecule has 1 fully saturated rings. The number of fused-ring (bicyclic) bond motifs is 1. The van der Waals surface area contributed by atoms with Crippen LogP contribution in [0.4, 0.5) is 5.82 Å². The van der Waals surface area contributed by atoms with Gasteiger partial charge in [-0.1, -0.05) is 36.4 Å². The van der Waals surface area contributed by atoms with Crippen molar-refractivity contribution in [3.63, 3.8) is 0 Å². The second-order valence-corrected chi connectivity index (χ2v) is 8.70. The molecule has 4 N–H and O–H groups in total. The van der Waals surface area contributed by atoms with Crippen molar-refractivity contribution in [3.8, 4) is 17.0 Å². The summed E-state index contributed by atoms with van der Waals surface area (Å²) in [5.41, 5.74) is 9.88. The van der Waals surface area contributed by atoms with E-state index in [1.54, 1.807) is 25.3 Å². The first kappa shape index (κ1) is 23.7. The molecule has 10 nitrogen and oxygen atoms in total. The van der Waals surface area contributed by atoms with Crippen LogP contribution in [0.1, 0.15) is 34.8 Å². The number of aromatic nitrogens is 4. The lowest BCUT2D eigenvalue weighted by Gasteiger charge is -2.28. The summed E-state index contributed by atoms with van der Waals surface area (Å²) in [6, 6.07) is 14.9. The monoisotopic (exact) mass is 488 g/mol. The molecule has 0 aliphatic carbocycles. The van der Waals surface area contributed by atoms with E-state index in [0.717, 1.165) is 24.0 Å². The van der Waals surface area contributed by atoms with Crippen molar-refractivity contribution in [1.82, 2.24) is 25.1 Å². The SMILES string of the molecule is COc1ccccc1C(=O)NCc1ccc(-c2nn([C@@H]3CC[C@H](CO)OC3)c3ncnc(N)c23)cc1. The van der Waals surface area contributed by atoms with Crippen LogP contribution in [-0.2, 0) is 11.3 Å². The lowest BCUT2D eigenvalue weighted by atomic mass is 10.1. The maximum Gasteiger partial charge on any atom is 0.255 e. The normalized spacial score (nSPS) is 17.7. The number of methoxy groups -OCH3 is 1. The molecule has 186 valence electrons. The van der Waals surface area contributed by atoms with E-state index >= 15 is 0 Å². The minimum Gasteiger partial charge on any atom is -0.496 e. The van der Waals surface area contributed by atoms with Gasteiger partial charge in [-0.15, -0.1) is 0 Å². The van der Waals surface area contributed by atoms with Crippen LogP contribution in [-0.4, -0.2) is 57.2 Å². The zero-order valence-corrected chi connectivity index (χ0v) is 19.9. The van der Waals surface area contributed by atoms with Crippen molar-refractivity contribution in [2.24, 2.45) is 0 Å². The van der Waals surface area contributed by atoms with E-state index < -0.39 is 0 Å². The molecule has 10 heteroatoms. The van der Waals surface area contributed by atoms with E-state index in [1.165, 1.54) is 6.33 Å². The number of benzene rings is 2. The average Bonchev–Trinajstić information content (AvgIpc) is 3.33. The number of carbonyl (C=O) groups is 1. The minimum absolute atomic E-state index is 0.0113. The Bertz CT molecular complexity index is 1360. The van der Waals surface area contributed by atoms with Gasteiger partial charge in [-0.05, 0) is 30.5 Å². The number of nitrogens with two attached hydrogens (primary N) is 1. The lowest BCUT2D eigenvalue weighted by Crippen LogP contribution is -2.30. The molecule has 2 atom stereocenters. The van der Waals surface area contributed by atoms with Crippen molar-refractivity contribution >= 4 is 22.8 Å². The van der Waals surface area contributed by atoms with Crippen LogP contribution in [0.5, 0.6) is 5.75 Å². The standard InChI is InChI=1S/C26H28N6O4/c1-35-21-5-3-2-4-20(21)26(34)28-12-16-6-8-17(9-7-16)23-22-24(27)29-15-30-25(22)32(31-23)18-10-11-19(13-33)36-14-18/h2-9,15,18-19,33H,10-14H2,1H3,(H,28,34)(H2,27,29,30)/t18-,19-/m1/s1. The maximum atomic E-state index is 12.6. The molecule has 2 aromatic carbocycles. The summed E-state index contributed by atoms with van der Waals surface area (Å²) in [5.74, 6) is 0.687. The Morgan fingerprint density at radius 1 is 1.19 bits per heavy atom. The molecule has 3 heterocycles. The number of nitrogens with one attached hydrogen (secondary N) is 1. The van der Waals surface area contributed by atoms with Crippen LogP contribution in [0.15, 0.2) is 54.9 Å². The Morgan fingerprint density at radius 2 is 2.00 bits per heavy atom. The number of ether oxygens (including phenoxy) is 2. The quantitative estimate of drug-likeness (QED) is 0.361. The third-order valence-corrected chi connectivity index (χ3v) is 6.45. The number of carbonyl (C=O) groups excluding carboxylic acids is 1. The number of hydrogen-bond donors (Lipinski definition) is 3.